The number of rotatable bonds is 1. The summed E-state index contributed by atoms with van der Waals surface area (Å²) in [6.45, 7) is 1.63. The summed E-state index contributed by atoms with van der Waals surface area (Å²) in [5.41, 5.74) is -0.900. The van der Waals surface area contributed by atoms with E-state index in [0.717, 1.165) is 0 Å². The topological polar surface area (TPSA) is 63.6 Å². The molecule has 0 aromatic rings. The van der Waals surface area contributed by atoms with Gasteiger partial charge in [-0.1, -0.05) is 0 Å². The molecule has 0 saturated heterocycles. The number of ketones is 1. The molecule has 4 nitrogen and oxygen atoms in total. The van der Waals surface area contributed by atoms with Crippen molar-refractivity contribution in [2.75, 3.05) is 7.11 Å². The summed E-state index contributed by atoms with van der Waals surface area (Å²) >= 11 is 0. The van der Waals surface area contributed by atoms with Gasteiger partial charge in [0.05, 0.1) is 18.6 Å². The van der Waals surface area contributed by atoms with Gasteiger partial charge < -0.3 is 9.84 Å². The lowest BCUT2D eigenvalue weighted by Gasteiger charge is -2.34. The fourth-order valence-electron chi connectivity index (χ4n) is 1.58. The van der Waals surface area contributed by atoms with Crippen LogP contribution in [0.25, 0.3) is 0 Å². The molecule has 1 aliphatic carbocycles. The Morgan fingerprint density at radius 1 is 1.69 bits per heavy atom. The molecule has 1 rings (SSSR count). The summed E-state index contributed by atoms with van der Waals surface area (Å²) in [4.78, 5) is 22.3. The van der Waals surface area contributed by atoms with E-state index in [2.05, 4.69) is 4.74 Å². The van der Waals surface area contributed by atoms with Crippen molar-refractivity contribution in [1.29, 1.82) is 0 Å². The maximum absolute atomic E-state index is 11.3. The zero-order valence-corrected chi connectivity index (χ0v) is 7.87. The molecule has 0 amide bonds. The Balaban J connectivity index is 2.78. The number of hydrogen-bond donors (Lipinski definition) is 1. The Bertz CT molecular complexity index is 236. The molecular weight excluding hydrogens is 172 g/mol. The summed E-state index contributed by atoms with van der Waals surface area (Å²) in [6, 6.07) is 0. The Labute approximate surface area is 76.9 Å². The zero-order valence-electron chi connectivity index (χ0n) is 7.87. The van der Waals surface area contributed by atoms with Gasteiger partial charge in [0.1, 0.15) is 5.78 Å². The highest BCUT2D eigenvalue weighted by atomic mass is 16.5. The molecule has 1 aliphatic rings. The van der Waals surface area contributed by atoms with E-state index in [-0.39, 0.29) is 12.2 Å². The van der Waals surface area contributed by atoms with Crippen LogP contribution in [0.4, 0.5) is 0 Å². The van der Waals surface area contributed by atoms with E-state index in [1.54, 1.807) is 6.92 Å². The van der Waals surface area contributed by atoms with E-state index in [1.807, 2.05) is 0 Å². The van der Waals surface area contributed by atoms with Gasteiger partial charge >= 0.3 is 5.97 Å². The lowest BCUT2D eigenvalue weighted by Crippen LogP contribution is -2.45. The zero-order chi connectivity index (χ0) is 10.1. The highest BCUT2D eigenvalue weighted by molar-refractivity contribution is 5.85. The number of esters is 1. The Kier molecular flexibility index (Phi) is 2.71. The van der Waals surface area contributed by atoms with E-state index < -0.39 is 17.5 Å². The van der Waals surface area contributed by atoms with Gasteiger partial charge in [0.2, 0.25) is 0 Å². The van der Waals surface area contributed by atoms with Crippen molar-refractivity contribution in [3.05, 3.63) is 0 Å². The second-order valence-electron chi connectivity index (χ2n) is 3.67. The smallest absolute Gasteiger partial charge is 0.314 e. The molecule has 0 aromatic heterocycles. The lowest BCUT2D eigenvalue weighted by atomic mass is 9.73. The van der Waals surface area contributed by atoms with Crippen LogP contribution in [0.3, 0.4) is 0 Å². The number of aliphatic hydroxyl groups excluding tert-OH is 1. The SMILES string of the molecule is COC(=O)C1(C)CCC(=O)CC1O. The van der Waals surface area contributed by atoms with Gasteiger partial charge in [-0.2, -0.15) is 0 Å². The molecule has 2 atom stereocenters. The molecule has 0 aliphatic heterocycles. The molecule has 2 unspecified atom stereocenters. The van der Waals surface area contributed by atoms with Crippen LogP contribution in [0.15, 0.2) is 0 Å². The molecule has 0 spiro atoms. The monoisotopic (exact) mass is 186 g/mol. The van der Waals surface area contributed by atoms with Crippen LogP contribution in [-0.4, -0.2) is 30.1 Å². The predicted octanol–water partition coefficient (Wildman–Crippen LogP) is 0.280. The van der Waals surface area contributed by atoms with Crippen LogP contribution in [0.1, 0.15) is 26.2 Å². The summed E-state index contributed by atoms with van der Waals surface area (Å²) in [7, 11) is 1.29. The number of hydrogen-bond acceptors (Lipinski definition) is 4. The summed E-state index contributed by atoms with van der Waals surface area (Å²) < 4.78 is 4.59. The van der Waals surface area contributed by atoms with Gasteiger partial charge in [-0.25, -0.2) is 0 Å². The van der Waals surface area contributed by atoms with Crippen LogP contribution < -0.4 is 0 Å². The summed E-state index contributed by atoms with van der Waals surface area (Å²) in [5.74, 6) is -0.429. The van der Waals surface area contributed by atoms with Crippen molar-refractivity contribution in [1.82, 2.24) is 0 Å². The number of carbonyl (C=O) groups is 2. The molecule has 0 aromatic carbocycles. The van der Waals surface area contributed by atoms with Gasteiger partial charge in [-0.05, 0) is 13.3 Å². The Morgan fingerprint density at radius 2 is 2.31 bits per heavy atom. The minimum absolute atomic E-state index is 0.00822. The molecule has 0 bridgehead atoms. The van der Waals surface area contributed by atoms with Crippen LogP contribution in [0.5, 0.6) is 0 Å². The molecule has 0 radical (unpaired) electrons. The minimum Gasteiger partial charge on any atom is -0.469 e. The van der Waals surface area contributed by atoms with Gasteiger partial charge in [0.25, 0.3) is 0 Å². The molecule has 1 N–H and O–H groups in total. The molecule has 1 fully saturated rings. The van der Waals surface area contributed by atoms with E-state index in [0.29, 0.717) is 12.8 Å². The lowest BCUT2D eigenvalue weighted by molar-refractivity contribution is -0.163. The van der Waals surface area contributed by atoms with Gasteiger partial charge in [0, 0.05) is 12.8 Å². The highest BCUT2D eigenvalue weighted by Gasteiger charge is 2.45. The van der Waals surface area contributed by atoms with Crippen molar-refractivity contribution in [2.45, 2.75) is 32.3 Å². The number of carbonyl (C=O) groups excluding carboxylic acids is 2. The maximum atomic E-state index is 11.3. The standard InChI is InChI=1S/C9H14O4/c1-9(8(12)13-2)4-3-6(10)5-7(9)11/h7,11H,3-5H2,1-2H3. The van der Waals surface area contributed by atoms with Crippen molar-refractivity contribution in [3.63, 3.8) is 0 Å². The Hall–Kier alpha value is -0.900. The first-order valence-corrected chi connectivity index (χ1v) is 4.29. The first-order chi connectivity index (χ1) is 6.00. The number of Topliss-reactive ketones (excluding diaryl/α,β-unsaturated/α-hetero) is 1. The average molecular weight is 186 g/mol. The summed E-state index contributed by atoms with van der Waals surface area (Å²) in [5, 5.41) is 9.58. The van der Waals surface area contributed by atoms with Crippen LogP contribution in [0, 0.1) is 5.41 Å². The van der Waals surface area contributed by atoms with Crippen LogP contribution in [0.2, 0.25) is 0 Å². The fourth-order valence-corrected chi connectivity index (χ4v) is 1.58. The molecule has 13 heavy (non-hydrogen) atoms. The predicted molar refractivity (Wildman–Crippen MR) is 45.0 cm³/mol. The van der Waals surface area contributed by atoms with Gasteiger partial charge in [-0.3, -0.25) is 9.59 Å². The number of ether oxygens (including phenoxy) is 1. The first kappa shape index (κ1) is 10.2. The van der Waals surface area contributed by atoms with E-state index >= 15 is 0 Å². The quantitative estimate of drug-likeness (QED) is 0.597. The average Bonchev–Trinajstić information content (AvgIpc) is 2.11. The second-order valence-corrected chi connectivity index (χ2v) is 3.67. The number of aliphatic hydroxyl groups is 1. The number of methoxy groups -OCH3 is 1. The first-order valence-electron chi connectivity index (χ1n) is 4.29. The van der Waals surface area contributed by atoms with Crippen molar-refractivity contribution in [2.24, 2.45) is 5.41 Å². The van der Waals surface area contributed by atoms with Crippen LogP contribution in [-0.2, 0) is 14.3 Å². The third-order valence-corrected chi connectivity index (χ3v) is 2.73. The highest BCUT2D eigenvalue weighted by Crippen LogP contribution is 2.35. The van der Waals surface area contributed by atoms with Crippen molar-refractivity contribution >= 4 is 11.8 Å². The normalized spacial score (nSPS) is 34.4. The largest absolute Gasteiger partial charge is 0.469 e. The third kappa shape index (κ3) is 1.72. The fraction of sp³-hybridized carbons (Fsp3) is 0.778. The van der Waals surface area contributed by atoms with Crippen molar-refractivity contribution < 1.29 is 19.4 Å². The molecule has 74 valence electrons. The van der Waals surface area contributed by atoms with Crippen LogP contribution >= 0.6 is 0 Å². The van der Waals surface area contributed by atoms with Gasteiger partial charge in [-0.15, -0.1) is 0 Å². The minimum atomic E-state index is -0.902. The maximum Gasteiger partial charge on any atom is 0.314 e. The van der Waals surface area contributed by atoms with E-state index in [9.17, 15) is 14.7 Å². The van der Waals surface area contributed by atoms with Crippen molar-refractivity contribution in [3.8, 4) is 0 Å². The molecular formula is C9H14O4. The summed E-state index contributed by atoms with van der Waals surface area (Å²) in [6.07, 6.45) is -0.116. The second kappa shape index (κ2) is 3.46. The molecule has 4 heteroatoms. The van der Waals surface area contributed by atoms with E-state index in [1.165, 1.54) is 7.11 Å². The third-order valence-electron chi connectivity index (χ3n) is 2.73. The molecule has 0 heterocycles. The molecule has 1 saturated carbocycles. The van der Waals surface area contributed by atoms with Gasteiger partial charge in [0.15, 0.2) is 0 Å². The Morgan fingerprint density at radius 3 is 2.77 bits per heavy atom. The van der Waals surface area contributed by atoms with E-state index in [4.69, 9.17) is 0 Å².